The van der Waals surface area contributed by atoms with Crippen LogP contribution in [-0.2, 0) is 0 Å². The van der Waals surface area contributed by atoms with Crippen LogP contribution in [-0.4, -0.2) is 13.1 Å². The molecule has 0 bridgehead atoms. The molecule has 0 aliphatic carbocycles. The summed E-state index contributed by atoms with van der Waals surface area (Å²) in [6, 6.07) is 8.90. The van der Waals surface area contributed by atoms with E-state index in [0.29, 0.717) is 0 Å². The highest BCUT2D eigenvalue weighted by atomic mass is 15.1. The van der Waals surface area contributed by atoms with Gasteiger partial charge < -0.3 is 4.90 Å². The van der Waals surface area contributed by atoms with Crippen molar-refractivity contribution in [2.24, 2.45) is 0 Å². The van der Waals surface area contributed by atoms with Gasteiger partial charge in [0, 0.05) is 18.8 Å². The van der Waals surface area contributed by atoms with Crippen LogP contribution >= 0.6 is 0 Å². The van der Waals surface area contributed by atoms with E-state index in [1.165, 1.54) is 101 Å². The van der Waals surface area contributed by atoms with E-state index in [1.807, 2.05) is 0 Å². The van der Waals surface area contributed by atoms with Crippen molar-refractivity contribution in [3.63, 3.8) is 0 Å². The van der Waals surface area contributed by atoms with Gasteiger partial charge in [0.25, 0.3) is 0 Å². The van der Waals surface area contributed by atoms with Gasteiger partial charge in [-0.1, -0.05) is 96.3 Å². The highest BCUT2D eigenvalue weighted by molar-refractivity contribution is 5.52. The SMILES string of the molecule is CCCCCCCCCCN(CCCCCC)c1ccccc1C. The molecule has 1 rings (SSSR count). The average molecular weight is 332 g/mol. The molecule has 0 heterocycles. The Balaban J connectivity index is 2.32. The Labute approximate surface area is 151 Å². The van der Waals surface area contributed by atoms with Gasteiger partial charge in [-0.05, 0) is 31.4 Å². The van der Waals surface area contributed by atoms with Crippen LogP contribution in [0.15, 0.2) is 24.3 Å². The molecule has 0 atom stereocenters. The molecule has 1 aromatic carbocycles. The van der Waals surface area contributed by atoms with Gasteiger partial charge in [-0.25, -0.2) is 0 Å². The van der Waals surface area contributed by atoms with E-state index in [2.05, 4.69) is 49.9 Å². The maximum absolute atomic E-state index is 2.64. The number of para-hydroxylation sites is 1. The zero-order chi connectivity index (χ0) is 17.5. The fourth-order valence-corrected chi connectivity index (χ4v) is 3.44. The van der Waals surface area contributed by atoms with Crippen LogP contribution in [0.25, 0.3) is 0 Å². The van der Waals surface area contributed by atoms with Crippen LogP contribution in [0.2, 0.25) is 0 Å². The van der Waals surface area contributed by atoms with Crippen molar-refractivity contribution < 1.29 is 0 Å². The molecule has 1 aromatic rings. The lowest BCUT2D eigenvalue weighted by Crippen LogP contribution is -2.26. The van der Waals surface area contributed by atoms with Crippen molar-refractivity contribution in [1.82, 2.24) is 0 Å². The van der Waals surface area contributed by atoms with Gasteiger partial charge in [0.05, 0.1) is 0 Å². The normalized spacial score (nSPS) is 11.0. The lowest BCUT2D eigenvalue weighted by Gasteiger charge is -2.26. The number of hydrogen-bond donors (Lipinski definition) is 0. The van der Waals surface area contributed by atoms with E-state index in [0.717, 1.165) is 0 Å². The summed E-state index contributed by atoms with van der Waals surface area (Å²) in [5.74, 6) is 0. The highest BCUT2D eigenvalue weighted by Crippen LogP contribution is 2.21. The number of aryl methyl sites for hydroxylation is 1. The first kappa shape index (κ1) is 21.1. The molecule has 0 saturated carbocycles. The first-order valence-corrected chi connectivity index (χ1v) is 10.6. The highest BCUT2D eigenvalue weighted by Gasteiger charge is 2.08. The van der Waals surface area contributed by atoms with E-state index in [1.54, 1.807) is 0 Å². The fourth-order valence-electron chi connectivity index (χ4n) is 3.44. The van der Waals surface area contributed by atoms with Crippen molar-refractivity contribution in [2.75, 3.05) is 18.0 Å². The van der Waals surface area contributed by atoms with Crippen LogP contribution < -0.4 is 4.90 Å². The molecule has 0 aromatic heterocycles. The third kappa shape index (κ3) is 9.35. The van der Waals surface area contributed by atoms with Gasteiger partial charge in [0.15, 0.2) is 0 Å². The van der Waals surface area contributed by atoms with Gasteiger partial charge in [-0.3, -0.25) is 0 Å². The zero-order valence-corrected chi connectivity index (χ0v) is 16.7. The summed E-state index contributed by atoms with van der Waals surface area (Å²) in [7, 11) is 0. The van der Waals surface area contributed by atoms with Crippen molar-refractivity contribution in [3.8, 4) is 0 Å². The maximum atomic E-state index is 2.64. The summed E-state index contributed by atoms with van der Waals surface area (Å²) in [6.45, 7) is 9.29. The second-order valence-electron chi connectivity index (χ2n) is 7.31. The minimum absolute atomic E-state index is 1.22. The number of hydrogen-bond acceptors (Lipinski definition) is 1. The Kier molecular flexibility index (Phi) is 12.6. The maximum Gasteiger partial charge on any atom is 0.0395 e. The summed E-state index contributed by atoms with van der Waals surface area (Å²) in [5, 5.41) is 0. The average Bonchev–Trinajstić information content (AvgIpc) is 2.60. The summed E-state index contributed by atoms with van der Waals surface area (Å²) < 4.78 is 0. The Hall–Kier alpha value is -0.980. The number of nitrogens with zero attached hydrogens (tertiary/aromatic N) is 1. The van der Waals surface area contributed by atoms with Gasteiger partial charge in [-0.2, -0.15) is 0 Å². The van der Waals surface area contributed by atoms with Crippen LogP contribution in [0, 0.1) is 6.92 Å². The van der Waals surface area contributed by atoms with Gasteiger partial charge >= 0.3 is 0 Å². The predicted octanol–water partition coefficient (Wildman–Crippen LogP) is 7.52. The number of rotatable bonds is 15. The molecular formula is C23H41N. The fraction of sp³-hybridized carbons (Fsp3) is 0.739. The Morgan fingerprint density at radius 3 is 1.62 bits per heavy atom. The number of unbranched alkanes of at least 4 members (excludes halogenated alkanes) is 10. The lowest BCUT2D eigenvalue weighted by molar-refractivity contribution is 0.565. The standard InChI is InChI=1S/C23H41N/c1-4-6-8-10-11-12-13-17-21-24(20-16-9-7-5-2)23-19-15-14-18-22(23)3/h14-15,18-19H,4-13,16-17,20-21H2,1-3H3. The molecule has 138 valence electrons. The van der Waals surface area contributed by atoms with E-state index in [9.17, 15) is 0 Å². The summed E-state index contributed by atoms with van der Waals surface area (Å²) >= 11 is 0. The minimum Gasteiger partial charge on any atom is -0.371 e. The topological polar surface area (TPSA) is 3.24 Å². The van der Waals surface area contributed by atoms with Crippen LogP contribution in [0.3, 0.4) is 0 Å². The largest absolute Gasteiger partial charge is 0.371 e. The quantitative estimate of drug-likeness (QED) is 0.300. The molecule has 0 radical (unpaired) electrons. The summed E-state index contributed by atoms with van der Waals surface area (Å²) in [6.07, 6.45) is 16.6. The van der Waals surface area contributed by atoms with Crippen LogP contribution in [0.1, 0.15) is 96.5 Å². The van der Waals surface area contributed by atoms with Gasteiger partial charge in [-0.15, -0.1) is 0 Å². The molecular weight excluding hydrogens is 290 g/mol. The van der Waals surface area contributed by atoms with Crippen molar-refractivity contribution in [2.45, 2.75) is 97.8 Å². The Bertz CT molecular complexity index is 399. The van der Waals surface area contributed by atoms with E-state index < -0.39 is 0 Å². The molecule has 0 saturated heterocycles. The lowest BCUT2D eigenvalue weighted by atomic mass is 10.1. The predicted molar refractivity (Wildman–Crippen MR) is 110 cm³/mol. The first-order chi connectivity index (χ1) is 11.8. The van der Waals surface area contributed by atoms with E-state index in [4.69, 9.17) is 0 Å². The number of benzene rings is 1. The minimum atomic E-state index is 1.22. The molecule has 0 aliphatic rings. The van der Waals surface area contributed by atoms with Crippen molar-refractivity contribution in [3.05, 3.63) is 29.8 Å². The Morgan fingerprint density at radius 1 is 0.625 bits per heavy atom. The van der Waals surface area contributed by atoms with Crippen LogP contribution in [0.5, 0.6) is 0 Å². The van der Waals surface area contributed by atoms with E-state index >= 15 is 0 Å². The molecule has 0 unspecified atom stereocenters. The van der Waals surface area contributed by atoms with Crippen molar-refractivity contribution >= 4 is 5.69 Å². The second kappa shape index (κ2) is 14.4. The second-order valence-corrected chi connectivity index (χ2v) is 7.31. The molecule has 24 heavy (non-hydrogen) atoms. The molecule has 0 aliphatic heterocycles. The summed E-state index contributed by atoms with van der Waals surface area (Å²) in [5.41, 5.74) is 2.88. The molecule has 0 spiro atoms. The third-order valence-electron chi connectivity index (χ3n) is 5.02. The molecule has 1 nitrogen and oxygen atoms in total. The molecule has 0 fully saturated rings. The first-order valence-electron chi connectivity index (χ1n) is 10.6. The number of anilines is 1. The van der Waals surface area contributed by atoms with Crippen LogP contribution in [0.4, 0.5) is 5.69 Å². The molecule has 0 N–H and O–H groups in total. The third-order valence-corrected chi connectivity index (χ3v) is 5.02. The molecule has 1 heteroatoms. The van der Waals surface area contributed by atoms with Crippen molar-refractivity contribution in [1.29, 1.82) is 0 Å². The van der Waals surface area contributed by atoms with Gasteiger partial charge in [0.1, 0.15) is 0 Å². The zero-order valence-electron chi connectivity index (χ0n) is 16.7. The smallest absolute Gasteiger partial charge is 0.0395 e. The molecule has 0 amide bonds. The van der Waals surface area contributed by atoms with E-state index in [-0.39, 0.29) is 0 Å². The van der Waals surface area contributed by atoms with Gasteiger partial charge in [0.2, 0.25) is 0 Å². The monoisotopic (exact) mass is 331 g/mol. The Morgan fingerprint density at radius 2 is 1.08 bits per heavy atom. The summed E-state index contributed by atoms with van der Waals surface area (Å²) in [4.78, 5) is 2.64.